The highest BCUT2D eigenvalue weighted by Crippen LogP contribution is 2.32. The van der Waals surface area contributed by atoms with Crippen LogP contribution in [0.4, 0.5) is 17.2 Å². The molecular weight excluding hydrogens is 480 g/mol. The molecule has 0 spiro atoms. The number of pyridine rings is 1. The molecule has 36 heavy (non-hydrogen) atoms. The Morgan fingerprint density at radius 3 is 2.53 bits per heavy atom. The second-order valence-corrected chi connectivity index (χ2v) is 10.1. The molecule has 11 heteroatoms. The van der Waals surface area contributed by atoms with Crippen molar-refractivity contribution in [1.29, 1.82) is 0 Å². The van der Waals surface area contributed by atoms with Gasteiger partial charge >= 0.3 is 0 Å². The molecule has 190 valence electrons. The van der Waals surface area contributed by atoms with E-state index in [0.29, 0.717) is 59.3 Å². The van der Waals surface area contributed by atoms with Crippen molar-refractivity contribution in [2.45, 2.75) is 63.5 Å². The number of carbonyl (C=O) groups is 2. The third-order valence-corrected chi connectivity index (χ3v) is 6.97. The number of hydrogen-bond acceptors (Lipinski definition) is 8. The minimum absolute atomic E-state index is 0.254. The van der Waals surface area contributed by atoms with Gasteiger partial charge in [-0.1, -0.05) is 11.6 Å². The van der Waals surface area contributed by atoms with E-state index >= 15 is 0 Å². The smallest absolute Gasteiger partial charge is 0.276 e. The molecule has 0 aromatic carbocycles. The molecule has 0 bridgehead atoms. The summed E-state index contributed by atoms with van der Waals surface area (Å²) in [5, 5.41) is 14.9. The van der Waals surface area contributed by atoms with Gasteiger partial charge in [-0.15, -0.1) is 5.10 Å². The normalized spacial score (nSPS) is 19.7. The monoisotopic (exact) mass is 510 g/mol. The molecular formula is C25H31ClN8O2. The first-order valence-electron chi connectivity index (χ1n) is 12.5. The summed E-state index contributed by atoms with van der Waals surface area (Å²) in [5.41, 5.74) is 7.83. The van der Waals surface area contributed by atoms with Crippen LogP contribution < -0.4 is 21.7 Å². The summed E-state index contributed by atoms with van der Waals surface area (Å²) in [4.78, 5) is 33.5. The predicted octanol–water partition coefficient (Wildman–Crippen LogP) is 3.88. The van der Waals surface area contributed by atoms with Crippen molar-refractivity contribution in [2.75, 3.05) is 22.5 Å². The van der Waals surface area contributed by atoms with Crippen molar-refractivity contribution in [2.24, 2.45) is 11.7 Å². The van der Waals surface area contributed by atoms with E-state index in [2.05, 4.69) is 25.9 Å². The minimum Gasteiger partial charge on any atom is -0.379 e. The number of rotatable bonds is 10. The predicted molar refractivity (Wildman–Crippen MR) is 139 cm³/mol. The van der Waals surface area contributed by atoms with Gasteiger partial charge in [0, 0.05) is 42.9 Å². The van der Waals surface area contributed by atoms with Crippen LogP contribution in [0.2, 0.25) is 5.15 Å². The number of nitrogens with one attached hydrogen (secondary N) is 3. The number of Topliss-reactive ketones (excluding diaryl/α,β-unsaturated/α-hetero) is 1. The molecule has 0 aliphatic heterocycles. The van der Waals surface area contributed by atoms with Crippen LogP contribution in [-0.2, 0) is 4.79 Å². The molecule has 2 fully saturated rings. The van der Waals surface area contributed by atoms with E-state index < -0.39 is 0 Å². The molecule has 10 nitrogen and oxygen atoms in total. The summed E-state index contributed by atoms with van der Waals surface area (Å²) in [7, 11) is 0. The molecule has 3 heterocycles. The average Bonchev–Trinajstić information content (AvgIpc) is 3.55. The number of aromatic nitrogens is 4. The Morgan fingerprint density at radius 2 is 1.81 bits per heavy atom. The van der Waals surface area contributed by atoms with Crippen LogP contribution in [0.5, 0.6) is 0 Å². The van der Waals surface area contributed by atoms with Crippen molar-refractivity contribution in [3.63, 3.8) is 0 Å². The SMILES string of the molecule is NCCC(=O)CC1CCC(Nc2cc(NC3CC3)c3ncc(C(=O)Nc4ccnc(Cl)c4)n3n2)CC1. The Kier molecular flexibility index (Phi) is 7.33. The van der Waals surface area contributed by atoms with Crippen molar-refractivity contribution >= 4 is 46.1 Å². The zero-order chi connectivity index (χ0) is 25.1. The number of nitrogens with two attached hydrogens (primary N) is 1. The number of hydrogen-bond donors (Lipinski definition) is 4. The lowest BCUT2D eigenvalue weighted by atomic mass is 9.83. The molecule has 0 saturated heterocycles. The van der Waals surface area contributed by atoms with Crippen molar-refractivity contribution in [3.8, 4) is 0 Å². The van der Waals surface area contributed by atoms with Crippen molar-refractivity contribution < 1.29 is 9.59 Å². The second-order valence-electron chi connectivity index (χ2n) is 9.71. The van der Waals surface area contributed by atoms with Gasteiger partial charge < -0.3 is 21.7 Å². The fourth-order valence-corrected chi connectivity index (χ4v) is 4.90. The molecule has 0 radical (unpaired) electrons. The molecule has 5 rings (SSSR count). The summed E-state index contributed by atoms with van der Waals surface area (Å²) < 4.78 is 1.59. The highest BCUT2D eigenvalue weighted by Gasteiger charge is 2.26. The lowest BCUT2D eigenvalue weighted by Gasteiger charge is -2.29. The number of halogens is 1. The number of ketones is 1. The third-order valence-electron chi connectivity index (χ3n) is 6.76. The highest BCUT2D eigenvalue weighted by atomic mass is 35.5. The summed E-state index contributed by atoms with van der Waals surface area (Å²) in [6.45, 7) is 0.422. The van der Waals surface area contributed by atoms with Gasteiger partial charge in [0.15, 0.2) is 11.3 Å². The number of anilines is 3. The molecule has 1 amide bonds. The summed E-state index contributed by atoms with van der Waals surface area (Å²) in [5.74, 6) is 1.04. The Hall–Kier alpha value is -3.24. The van der Waals surface area contributed by atoms with E-state index in [-0.39, 0.29) is 17.7 Å². The van der Waals surface area contributed by atoms with Gasteiger partial charge in [-0.25, -0.2) is 14.5 Å². The van der Waals surface area contributed by atoms with Crippen LogP contribution in [0.25, 0.3) is 5.65 Å². The van der Waals surface area contributed by atoms with E-state index in [9.17, 15) is 9.59 Å². The van der Waals surface area contributed by atoms with Crippen LogP contribution in [0.1, 0.15) is 61.9 Å². The van der Waals surface area contributed by atoms with Gasteiger partial charge in [-0.2, -0.15) is 0 Å². The van der Waals surface area contributed by atoms with Gasteiger partial charge in [0.05, 0.1) is 11.9 Å². The molecule has 0 unspecified atom stereocenters. The zero-order valence-corrected chi connectivity index (χ0v) is 20.8. The van der Waals surface area contributed by atoms with Gasteiger partial charge in [0.1, 0.15) is 16.8 Å². The van der Waals surface area contributed by atoms with Crippen LogP contribution >= 0.6 is 11.6 Å². The molecule has 5 N–H and O–H groups in total. The largest absolute Gasteiger partial charge is 0.379 e. The maximum absolute atomic E-state index is 13.1. The molecule has 3 aromatic heterocycles. The molecule has 2 saturated carbocycles. The van der Waals surface area contributed by atoms with E-state index in [1.165, 1.54) is 12.4 Å². The van der Waals surface area contributed by atoms with E-state index in [4.69, 9.17) is 22.4 Å². The van der Waals surface area contributed by atoms with Crippen molar-refractivity contribution in [1.82, 2.24) is 19.6 Å². The topological polar surface area (TPSA) is 139 Å². The lowest BCUT2D eigenvalue weighted by Crippen LogP contribution is -2.28. The fraction of sp³-hybridized carbons (Fsp3) is 0.480. The van der Waals surface area contributed by atoms with Crippen LogP contribution in [0, 0.1) is 5.92 Å². The molecule has 2 aliphatic rings. The first-order chi connectivity index (χ1) is 17.5. The Morgan fingerprint density at radius 1 is 1.06 bits per heavy atom. The minimum atomic E-state index is -0.338. The third kappa shape index (κ3) is 5.93. The van der Waals surface area contributed by atoms with E-state index in [1.807, 2.05) is 6.07 Å². The molecule has 3 aromatic rings. The number of carbonyl (C=O) groups excluding carboxylic acids is 2. The summed E-state index contributed by atoms with van der Waals surface area (Å²) in [6, 6.07) is 5.90. The molecule has 0 atom stereocenters. The molecule has 2 aliphatic carbocycles. The number of nitrogens with zero attached hydrogens (tertiary/aromatic N) is 4. The second kappa shape index (κ2) is 10.8. The maximum Gasteiger partial charge on any atom is 0.276 e. The van der Waals surface area contributed by atoms with E-state index in [1.54, 1.807) is 16.6 Å². The van der Waals surface area contributed by atoms with Crippen LogP contribution in [0.3, 0.4) is 0 Å². The maximum atomic E-state index is 13.1. The standard InChI is InChI=1S/C25H31ClN8O2/c26-22-12-18(8-10-28-22)32-25(36)21-14-29-24-20(30-16-5-6-16)13-23(33-34(21)24)31-17-3-1-15(2-4-17)11-19(35)7-9-27/h8,10,12-17,30H,1-7,9,11,27H2,(H,31,33)(H,28,32,36). The van der Waals surface area contributed by atoms with Gasteiger partial charge in [-0.05, 0) is 63.1 Å². The quantitative estimate of drug-likeness (QED) is 0.301. The first-order valence-corrected chi connectivity index (χ1v) is 12.9. The van der Waals surface area contributed by atoms with Crippen LogP contribution in [0.15, 0.2) is 30.6 Å². The Balaban J connectivity index is 1.33. The van der Waals surface area contributed by atoms with Gasteiger partial charge in [-0.3, -0.25) is 9.59 Å². The lowest BCUT2D eigenvalue weighted by molar-refractivity contribution is -0.120. The van der Waals surface area contributed by atoms with Crippen LogP contribution in [-0.4, -0.2) is 49.9 Å². The first kappa shape index (κ1) is 24.5. The number of amides is 1. The van der Waals surface area contributed by atoms with Gasteiger partial charge in [0.25, 0.3) is 5.91 Å². The fourth-order valence-electron chi connectivity index (χ4n) is 4.73. The highest BCUT2D eigenvalue weighted by molar-refractivity contribution is 6.29. The summed E-state index contributed by atoms with van der Waals surface area (Å²) in [6.07, 6.45) is 10.3. The van der Waals surface area contributed by atoms with Crippen molar-refractivity contribution in [3.05, 3.63) is 41.4 Å². The average molecular weight is 511 g/mol. The van der Waals surface area contributed by atoms with E-state index in [0.717, 1.165) is 44.2 Å². The van der Waals surface area contributed by atoms with Gasteiger partial charge in [0.2, 0.25) is 0 Å². The Bertz CT molecular complexity index is 1250. The Labute approximate surface area is 214 Å². The number of imidazole rings is 1. The zero-order valence-electron chi connectivity index (χ0n) is 20.0. The summed E-state index contributed by atoms with van der Waals surface area (Å²) >= 11 is 5.95. The number of fused-ring (bicyclic) bond motifs is 1.